The fourth-order valence-corrected chi connectivity index (χ4v) is 1.80. The molecule has 0 aliphatic heterocycles. The summed E-state index contributed by atoms with van der Waals surface area (Å²) in [6.07, 6.45) is 4.70. The molecule has 0 unspecified atom stereocenters. The largest absolute Gasteiger partial charge is 0.506 e. The van der Waals surface area contributed by atoms with Crippen LogP contribution in [-0.4, -0.2) is 16.2 Å². The Kier molecular flexibility index (Phi) is 4.46. The quantitative estimate of drug-likeness (QED) is 0.522. The van der Waals surface area contributed by atoms with Gasteiger partial charge in [0.1, 0.15) is 11.4 Å². The average molecular weight is 282 g/mol. The molecule has 0 aliphatic rings. The van der Waals surface area contributed by atoms with Crippen LogP contribution >= 0.6 is 0 Å². The summed E-state index contributed by atoms with van der Waals surface area (Å²) in [7, 11) is 0. The highest BCUT2D eigenvalue weighted by Crippen LogP contribution is 2.26. The number of aliphatic imine (C=N–C) groups is 1. The Morgan fingerprint density at radius 3 is 2.76 bits per heavy atom. The van der Waals surface area contributed by atoms with Gasteiger partial charge in [0.05, 0.1) is 10.5 Å². The van der Waals surface area contributed by atoms with E-state index in [-0.39, 0.29) is 11.4 Å². The van der Waals surface area contributed by atoms with Gasteiger partial charge in [0.15, 0.2) is 0 Å². The summed E-state index contributed by atoms with van der Waals surface area (Å²) >= 11 is 0. The van der Waals surface area contributed by atoms with Crippen LogP contribution in [0.3, 0.4) is 0 Å². The molecule has 2 aromatic rings. The number of aryl methyl sites for hydroxylation is 1. The number of rotatable bonds is 4. The van der Waals surface area contributed by atoms with Gasteiger partial charge in [0.2, 0.25) is 0 Å². The van der Waals surface area contributed by atoms with Gasteiger partial charge in [-0.1, -0.05) is 18.2 Å². The number of para-hydroxylation sites is 1. The molecule has 5 nitrogen and oxygen atoms in total. The average Bonchev–Trinajstić information content (AvgIpc) is 2.47. The molecule has 106 valence electrons. The summed E-state index contributed by atoms with van der Waals surface area (Å²) in [4.78, 5) is 14.6. The van der Waals surface area contributed by atoms with Crippen LogP contribution in [0, 0.1) is 17.0 Å². The number of nitro benzene ring substituents is 1. The van der Waals surface area contributed by atoms with Crippen molar-refractivity contribution in [3.05, 3.63) is 69.8 Å². The SMILES string of the molecule is Cc1ccc(O)c(N=C/C=C/c2ccccc2[N+](=O)[O-])c1. The molecular formula is C16H14N2O3. The first kappa shape index (κ1) is 14.5. The van der Waals surface area contributed by atoms with E-state index in [1.165, 1.54) is 12.3 Å². The number of nitrogens with zero attached hydrogens (tertiary/aromatic N) is 2. The predicted molar refractivity (Wildman–Crippen MR) is 83.1 cm³/mol. The van der Waals surface area contributed by atoms with Gasteiger partial charge in [-0.05, 0) is 42.8 Å². The van der Waals surface area contributed by atoms with Crippen LogP contribution in [0.15, 0.2) is 53.5 Å². The molecule has 0 saturated carbocycles. The van der Waals surface area contributed by atoms with Crippen LogP contribution in [-0.2, 0) is 0 Å². The van der Waals surface area contributed by atoms with Crippen LogP contribution in [0.5, 0.6) is 5.75 Å². The molecule has 1 N–H and O–H groups in total. The van der Waals surface area contributed by atoms with E-state index >= 15 is 0 Å². The lowest BCUT2D eigenvalue weighted by atomic mass is 10.1. The van der Waals surface area contributed by atoms with Gasteiger partial charge in [0.25, 0.3) is 5.69 Å². The molecular weight excluding hydrogens is 268 g/mol. The third-order valence-electron chi connectivity index (χ3n) is 2.84. The molecule has 0 spiro atoms. The molecule has 5 heteroatoms. The van der Waals surface area contributed by atoms with Gasteiger partial charge >= 0.3 is 0 Å². The first-order valence-corrected chi connectivity index (χ1v) is 6.31. The second-order valence-corrected chi connectivity index (χ2v) is 4.45. The highest BCUT2D eigenvalue weighted by molar-refractivity contribution is 5.82. The van der Waals surface area contributed by atoms with E-state index in [4.69, 9.17) is 0 Å². The number of phenolic OH excluding ortho intramolecular Hbond substituents is 1. The van der Waals surface area contributed by atoms with Crippen molar-refractivity contribution < 1.29 is 10.0 Å². The number of allylic oxidation sites excluding steroid dienone is 1. The fraction of sp³-hybridized carbons (Fsp3) is 0.0625. The summed E-state index contributed by atoms with van der Waals surface area (Å²) in [6, 6.07) is 11.6. The summed E-state index contributed by atoms with van der Waals surface area (Å²) in [5, 5.41) is 20.5. The van der Waals surface area contributed by atoms with Crippen molar-refractivity contribution in [1.82, 2.24) is 0 Å². The van der Waals surface area contributed by atoms with E-state index in [1.807, 2.05) is 6.92 Å². The Morgan fingerprint density at radius 2 is 2.00 bits per heavy atom. The zero-order valence-corrected chi connectivity index (χ0v) is 11.4. The minimum absolute atomic E-state index is 0.0422. The lowest BCUT2D eigenvalue weighted by molar-refractivity contribution is -0.385. The van der Waals surface area contributed by atoms with Crippen molar-refractivity contribution in [3.63, 3.8) is 0 Å². The van der Waals surface area contributed by atoms with Crippen LogP contribution in [0.25, 0.3) is 6.08 Å². The number of hydrogen-bond donors (Lipinski definition) is 1. The van der Waals surface area contributed by atoms with Gasteiger partial charge in [-0.25, -0.2) is 0 Å². The minimum atomic E-state index is -0.427. The minimum Gasteiger partial charge on any atom is -0.506 e. The second kappa shape index (κ2) is 6.47. The number of phenols is 1. The zero-order chi connectivity index (χ0) is 15.2. The molecule has 0 aromatic heterocycles. The molecule has 0 aliphatic carbocycles. The van der Waals surface area contributed by atoms with Gasteiger partial charge in [-0.2, -0.15) is 0 Å². The lowest BCUT2D eigenvalue weighted by Gasteiger charge is -1.99. The molecule has 0 amide bonds. The standard InChI is InChI=1S/C16H14N2O3/c1-12-8-9-16(19)14(11-12)17-10-4-6-13-5-2-3-7-15(13)18(20)21/h2-11,19H,1H3/b6-4+,17-10?. The topological polar surface area (TPSA) is 75.7 Å². The Bertz CT molecular complexity index is 721. The highest BCUT2D eigenvalue weighted by Gasteiger charge is 2.08. The van der Waals surface area contributed by atoms with Crippen LogP contribution in [0.4, 0.5) is 11.4 Å². The Balaban J connectivity index is 2.18. The Labute approximate surface area is 122 Å². The molecule has 0 saturated heterocycles. The molecule has 2 rings (SSSR count). The molecule has 0 heterocycles. The maximum absolute atomic E-state index is 10.9. The molecule has 0 atom stereocenters. The predicted octanol–water partition coefficient (Wildman–Crippen LogP) is 4.02. The van der Waals surface area contributed by atoms with Gasteiger partial charge in [0, 0.05) is 12.3 Å². The molecule has 0 fully saturated rings. The first-order chi connectivity index (χ1) is 10.1. The second-order valence-electron chi connectivity index (χ2n) is 4.45. The van der Waals surface area contributed by atoms with Crippen molar-refractivity contribution in [2.24, 2.45) is 4.99 Å². The number of nitro groups is 1. The van der Waals surface area contributed by atoms with E-state index in [1.54, 1.807) is 48.6 Å². The fourth-order valence-electron chi connectivity index (χ4n) is 1.80. The summed E-state index contributed by atoms with van der Waals surface area (Å²) < 4.78 is 0. The van der Waals surface area contributed by atoms with E-state index < -0.39 is 4.92 Å². The smallest absolute Gasteiger partial charge is 0.276 e. The van der Waals surface area contributed by atoms with E-state index in [2.05, 4.69) is 4.99 Å². The van der Waals surface area contributed by atoms with Crippen molar-refractivity contribution >= 4 is 23.7 Å². The third-order valence-corrected chi connectivity index (χ3v) is 2.84. The maximum Gasteiger partial charge on any atom is 0.276 e. The number of aromatic hydroxyl groups is 1. The van der Waals surface area contributed by atoms with Crippen molar-refractivity contribution in [2.75, 3.05) is 0 Å². The van der Waals surface area contributed by atoms with E-state index in [0.29, 0.717) is 11.3 Å². The summed E-state index contributed by atoms with van der Waals surface area (Å²) in [5.74, 6) is 0.0935. The van der Waals surface area contributed by atoms with E-state index in [0.717, 1.165) is 5.56 Å². The normalized spacial score (nSPS) is 11.3. The van der Waals surface area contributed by atoms with Crippen molar-refractivity contribution in [3.8, 4) is 5.75 Å². The third kappa shape index (κ3) is 3.76. The summed E-state index contributed by atoms with van der Waals surface area (Å²) in [5.41, 5.74) is 1.99. The lowest BCUT2D eigenvalue weighted by Crippen LogP contribution is -1.90. The van der Waals surface area contributed by atoms with Crippen molar-refractivity contribution in [2.45, 2.75) is 6.92 Å². The van der Waals surface area contributed by atoms with Gasteiger partial charge in [-0.15, -0.1) is 0 Å². The van der Waals surface area contributed by atoms with Crippen LogP contribution in [0.1, 0.15) is 11.1 Å². The van der Waals surface area contributed by atoms with Gasteiger partial charge in [-0.3, -0.25) is 15.1 Å². The number of hydrogen-bond acceptors (Lipinski definition) is 4. The first-order valence-electron chi connectivity index (χ1n) is 6.31. The highest BCUT2D eigenvalue weighted by atomic mass is 16.6. The molecule has 2 aromatic carbocycles. The maximum atomic E-state index is 10.9. The summed E-state index contributed by atoms with van der Waals surface area (Å²) in [6.45, 7) is 1.90. The monoisotopic (exact) mass is 282 g/mol. The number of benzene rings is 2. The zero-order valence-electron chi connectivity index (χ0n) is 11.4. The Morgan fingerprint density at radius 1 is 1.24 bits per heavy atom. The molecule has 0 bridgehead atoms. The van der Waals surface area contributed by atoms with Crippen LogP contribution in [0.2, 0.25) is 0 Å². The molecule has 21 heavy (non-hydrogen) atoms. The molecule has 0 radical (unpaired) electrons. The van der Waals surface area contributed by atoms with Gasteiger partial charge < -0.3 is 5.11 Å². The van der Waals surface area contributed by atoms with Crippen molar-refractivity contribution in [1.29, 1.82) is 0 Å². The van der Waals surface area contributed by atoms with Crippen LogP contribution < -0.4 is 0 Å². The Hall–Kier alpha value is -2.95. The van der Waals surface area contributed by atoms with E-state index in [9.17, 15) is 15.2 Å².